The largest absolute Gasteiger partial charge is 0.326 e. The molecule has 3 heteroatoms. The Hall–Kier alpha value is -0.570. The standard InChI is InChI=1S/C12H24N2O/c1-5-7-10-12(15)14(8-6-2)11(13-10)9(3)4/h9-11,13H,5-8H2,1-4H3. The van der Waals surface area contributed by atoms with Gasteiger partial charge in [0.05, 0.1) is 12.2 Å². The maximum Gasteiger partial charge on any atom is 0.241 e. The molecule has 15 heavy (non-hydrogen) atoms. The first-order valence-electron chi connectivity index (χ1n) is 6.18. The fourth-order valence-electron chi connectivity index (χ4n) is 2.24. The summed E-state index contributed by atoms with van der Waals surface area (Å²) in [5.41, 5.74) is 0. The number of hydrogen-bond acceptors (Lipinski definition) is 2. The SMILES string of the molecule is CCCC1NC(C(C)C)N(CCC)C1=O. The monoisotopic (exact) mass is 212 g/mol. The molecule has 1 heterocycles. The zero-order chi connectivity index (χ0) is 11.4. The zero-order valence-electron chi connectivity index (χ0n) is 10.4. The van der Waals surface area contributed by atoms with Crippen LogP contribution in [0.4, 0.5) is 0 Å². The summed E-state index contributed by atoms with van der Waals surface area (Å²) in [6, 6.07) is 0.0638. The van der Waals surface area contributed by atoms with Crippen LogP contribution in [0.1, 0.15) is 47.0 Å². The minimum absolute atomic E-state index is 0.0638. The molecule has 0 saturated carbocycles. The van der Waals surface area contributed by atoms with Crippen LogP contribution >= 0.6 is 0 Å². The van der Waals surface area contributed by atoms with Gasteiger partial charge in [-0.2, -0.15) is 0 Å². The van der Waals surface area contributed by atoms with Crippen LogP contribution in [-0.4, -0.2) is 29.6 Å². The van der Waals surface area contributed by atoms with E-state index in [0.29, 0.717) is 11.8 Å². The molecule has 1 aliphatic rings. The fraction of sp³-hybridized carbons (Fsp3) is 0.917. The summed E-state index contributed by atoms with van der Waals surface area (Å²) in [7, 11) is 0. The highest BCUT2D eigenvalue weighted by atomic mass is 16.2. The number of rotatable bonds is 5. The van der Waals surface area contributed by atoms with E-state index in [9.17, 15) is 4.79 Å². The van der Waals surface area contributed by atoms with Gasteiger partial charge in [0.15, 0.2) is 0 Å². The second-order valence-electron chi connectivity index (χ2n) is 4.73. The Bertz CT molecular complexity index is 216. The molecule has 3 nitrogen and oxygen atoms in total. The molecule has 2 unspecified atom stereocenters. The summed E-state index contributed by atoms with van der Waals surface area (Å²) in [4.78, 5) is 14.1. The average molecular weight is 212 g/mol. The predicted octanol–water partition coefficient (Wildman–Crippen LogP) is 1.98. The number of carbonyl (C=O) groups excluding carboxylic acids is 1. The molecule has 0 aromatic heterocycles. The highest BCUT2D eigenvalue weighted by Gasteiger charge is 2.38. The lowest BCUT2D eigenvalue weighted by atomic mass is 10.1. The smallest absolute Gasteiger partial charge is 0.241 e. The van der Waals surface area contributed by atoms with Crippen LogP contribution in [0, 0.1) is 5.92 Å². The first-order valence-corrected chi connectivity index (χ1v) is 6.18. The van der Waals surface area contributed by atoms with Crippen LogP contribution in [0.3, 0.4) is 0 Å². The Morgan fingerprint density at radius 2 is 2.00 bits per heavy atom. The number of amides is 1. The van der Waals surface area contributed by atoms with Crippen molar-refractivity contribution in [3.8, 4) is 0 Å². The molecule has 1 aliphatic heterocycles. The van der Waals surface area contributed by atoms with E-state index in [-0.39, 0.29) is 12.2 Å². The molecule has 1 N–H and O–H groups in total. The normalized spacial score (nSPS) is 26.7. The molecular formula is C12H24N2O. The van der Waals surface area contributed by atoms with E-state index >= 15 is 0 Å². The van der Waals surface area contributed by atoms with E-state index in [2.05, 4.69) is 33.0 Å². The van der Waals surface area contributed by atoms with Gasteiger partial charge >= 0.3 is 0 Å². The molecule has 1 fully saturated rings. The van der Waals surface area contributed by atoms with Gasteiger partial charge in [0.1, 0.15) is 0 Å². The van der Waals surface area contributed by atoms with Gasteiger partial charge in [0.2, 0.25) is 5.91 Å². The van der Waals surface area contributed by atoms with Crippen molar-refractivity contribution in [1.82, 2.24) is 10.2 Å². The van der Waals surface area contributed by atoms with Crippen molar-refractivity contribution in [1.29, 1.82) is 0 Å². The van der Waals surface area contributed by atoms with E-state index in [1.54, 1.807) is 0 Å². The van der Waals surface area contributed by atoms with Crippen LogP contribution < -0.4 is 5.32 Å². The second kappa shape index (κ2) is 5.50. The van der Waals surface area contributed by atoms with Gasteiger partial charge in [-0.3, -0.25) is 10.1 Å². The molecule has 0 bridgehead atoms. The van der Waals surface area contributed by atoms with E-state index < -0.39 is 0 Å². The van der Waals surface area contributed by atoms with E-state index in [1.165, 1.54) is 0 Å². The van der Waals surface area contributed by atoms with Gasteiger partial charge in [-0.1, -0.05) is 34.1 Å². The second-order valence-corrected chi connectivity index (χ2v) is 4.73. The fourth-order valence-corrected chi connectivity index (χ4v) is 2.24. The average Bonchev–Trinajstić information content (AvgIpc) is 2.48. The first-order chi connectivity index (χ1) is 7.11. The van der Waals surface area contributed by atoms with Gasteiger partial charge < -0.3 is 4.90 Å². The minimum atomic E-state index is 0.0638. The van der Waals surface area contributed by atoms with Crippen molar-refractivity contribution in [2.24, 2.45) is 5.92 Å². The third-order valence-electron chi connectivity index (χ3n) is 2.96. The Labute approximate surface area is 93.2 Å². The van der Waals surface area contributed by atoms with Crippen molar-refractivity contribution < 1.29 is 4.79 Å². The van der Waals surface area contributed by atoms with E-state index in [4.69, 9.17) is 0 Å². The van der Waals surface area contributed by atoms with E-state index in [0.717, 1.165) is 25.8 Å². The molecule has 0 aromatic rings. The molecule has 1 rings (SSSR count). The number of nitrogens with zero attached hydrogens (tertiary/aromatic N) is 1. The molecular weight excluding hydrogens is 188 g/mol. The third-order valence-corrected chi connectivity index (χ3v) is 2.96. The molecule has 0 aliphatic carbocycles. The minimum Gasteiger partial charge on any atom is -0.326 e. The summed E-state index contributed by atoms with van der Waals surface area (Å²) < 4.78 is 0. The quantitative estimate of drug-likeness (QED) is 0.755. The van der Waals surface area contributed by atoms with Crippen molar-refractivity contribution in [3.05, 3.63) is 0 Å². The van der Waals surface area contributed by atoms with Gasteiger partial charge in [0, 0.05) is 6.54 Å². The summed E-state index contributed by atoms with van der Waals surface area (Å²) in [6.45, 7) is 9.47. The van der Waals surface area contributed by atoms with Crippen LogP contribution in [0.15, 0.2) is 0 Å². The van der Waals surface area contributed by atoms with Crippen LogP contribution in [0.25, 0.3) is 0 Å². The zero-order valence-corrected chi connectivity index (χ0v) is 10.4. The van der Waals surface area contributed by atoms with Crippen LogP contribution in [-0.2, 0) is 4.79 Å². The highest BCUT2D eigenvalue weighted by Crippen LogP contribution is 2.20. The Morgan fingerprint density at radius 1 is 1.33 bits per heavy atom. The molecule has 1 saturated heterocycles. The molecule has 0 radical (unpaired) electrons. The molecule has 2 atom stereocenters. The number of hydrogen-bond donors (Lipinski definition) is 1. The topological polar surface area (TPSA) is 32.3 Å². The van der Waals surface area contributed by atoms with Crippen molar-refractivity contribution in [2.75, 3.05) is 6.54 Å². The van der Waals surface area contributed by atoms with Crippen molar-refractivity contribution in [2.45, 2.75) is 59.2 Å². The molecule has 1 amide bonds. The first kappa shape index (κ1) is 12.5. The van der Waals surface area contributed by atoms with Crippen molar-refractivity contribution in [3.63, 3.8) is 0 Å². The Morgan fingerprint density at radius 3 is 2.47 bits per heavy atom. The van der Waals surface area contributed by atoms with Crippen LogP contribution in [0.5, 0.6) is 0 Å². The highest BCUT2D eigenvalue weighted by molar-refractivity contribution is 5.84. The number of carbonyl (C=O) groups is 1. The van der Waals surface area contributed by atoms with Gasteiger partial charge in [-0.25, -0.2) is 0 Å². The lowest BCUT2D eigenvalue weighted by molar-refractivity contribution is -0.130. The summed E-state index contributed by atoms with van der Waals surface area (Å²) in [5.74, 6) is 0.791. The lowest BCUT2D eigenvalue weighted by Gasteiger charge is -2.26. The summed E-state index contributed by atoms with van der Waals surface area (Å²) in [5, 5.41) is 3.45. The summed E-state index contributed by atoms with van der Waals surface area (Å²) >= 11 is 0. The van der Waals surface area contributed by atoms with E-state index in [1.807, 2.05) is 4.90 Å². The Balaban J connectivity index is 2.68. The van der Waals surface area contributed by atoms with Crippen molar-refractivity contribution >= 4 is 5.91 Å². The number of nitrogens with one attached hydrogen (secondary N) is 1. The van der Waals surface area contributed by atoms with Gasteiger partial charge in [0.25, 0.3) is 0 Å². The molecule has 0 spiro atoms. The van der Waals surface area contributed by atoms with Crippen LogP contribution in [0.2, 0.25) is 0 Å². The lowest BCUT2D eigenvalue weighted by Crippen LogP contribution is -2.41. The Kier molecular flexibility index (Phi) is 4.58. The maximum absolute atomic E-state index is 12.1. The van der Waals surface area contributed by atoms with Gasteiger partial charge in [-0.15, -0.1) is 0 Å². The molecule has 0 aromatic carbocycles. The summed E-state index contributed by atoms with van der Waals surface area (Å²) in [6.07, 6.45) is 3.31. The third kappa shape index (κ3) is 2.71. The molecule has 88 valence electrons. The maximum atomic E-state index is 12.1. The van der Waals surface area contributed by atoms with Gasteiger partial charge in [-0.05, 0) is 18.8 Å². The predicted molar refractivity (Wildman–Crippen MR) is 62.5 cm³/mol.